The summed E-state index contributed by atoms with van der Waals surface area (Å²) in [5, 5.41) is 11.9. The lowest BCUT2D eigenvalue weighted by atomic mass is 10.0. The molecule has 2 N–H and O–H groups in total. The van der Waals surface area contributed by atoms with Crippen LogP contribution in [-0.2, 0) is 9.59 Å². The molecular weight excluding hydrogens is 310 g/mol. The molecule has 0 aliphatic heterocycles. The Morgan fingerprint density at radius 2 is 1.92 bits per heavy atom. The van der Waals surface area contributed by atoms with Crippen LogP contribution in [0.25, 0.3) is 0 Å². The van der Waals surface area contributed by atoms with Crippen LogP contribution in [0.15, 0.2) is 24.3 Å². The van der Waals surface area contributed by atoms with Crippen molar-refractivity contribution in [1.29, 1.82) is 0 Å². The van der Waals surface area contributed by atoms with Crippen LogP contribution >= 0.6 is 0 Å². The highest BCUT2D eigenvalue weighted by Crippen LogP contribution is 2.25. The van der Waals surface area contributed by atoms with Gasteiger partial charge >= 0.3 is 5.97 Å². The van der Waals surface area contributed by atoms with Crippen LogP contribution in [0.3, 0.4) is 0 Å². The van der Waals surface area contributed by atoms with Gasteiger partial charge in [-0.25, -0.2) is 0 Å². The Morgan fingerprint density at radius 1 is 1.21 bits per heavy atom. The first kappa shape index (κ1) is 18.0. The minimum atomic E-state index is -0.838. The average Bonchev–Trinajstić information content (AvgIpc) is 3.00. The molecule has 0 spiro atoms. The minimum Gasteiger partial charge on any atom is -0.494 e. The van der Waals surface area contributed by atoms with E-state index in [9.17, 15) is 14.4 Å². The summed E-state index contributed by atoms with van der Waals surface area (Å²) in [7, 11) is 0. The third kappa shape index (κ3) is 5.08. The second-order valence-corrected chi connectivity index (χ2v) is 6.08. The van der Waals surface area contributed by atoms with Crippen molar-refractivity contribution < 1.29 is 24.2 Å². The standard InChI is InChI=1S/C18H23NO5/c1-12(20)13-7-9-14(10-8-13)24-11-3-6-17(21)19-16-5-2-4-15(16)18(22)23/h7-10,15-16H,2-6,11H2,1H3,(H,19,21)(H,22,23)/t15-,16+/m0/s1. The number of rotatable bonds is 8. The summed E-state index contributed by atoms with van der Waals surface area (Å²) in [6.07, 6.45) is 3.03. The van der Waals surface area contributed by atoms with Gasteiger partial charge in [0.1, 0.15) is 5.75 Å². The number of nitrogens with one attached hydrogen (secondary N) is 1. The summed E-state index contributed by atoms with van der Waals surface area (Å²) >= 11 is 0. The molecule has 0 saturated heterocycles. The van der Waals surface area contributed by atoms with E-state index in [1.54, 1.807) is 24.3 Å². The summed E-state index contributed by atoms with van der Waals surface area (Å²) in [5.74, 6) is -0.782. The third-order valence-electron chi connectivity index (χ3n) is 4.26. The Kier molecular flexibility index (Phi) is 6.35. The molecule has 1 aromatic rings. The van der Waals surface area contributed by atoms with Crippen LogP contribution in [0.1, 0.15) is 49.4 Å². The van der Waals surface area contributed by atoms with Crippen LogP contribution in [0, 0.1) is 5.92 Å². The van der Waals surface area contributed by atoms with E-state index >= 15 is 0 Å². The SMILES string of the molecule is CC(=O)c1ccc(OCCCC(=O)N[C@@H]2CCC[C@@H]2C(=O)O)cc1. The summed E-state index contributed by atoms with van der Waals surface area (Å²) in [6.45, 7) is 1.90. The number of carbonyl (C=O) groups is 3. The molecule has 1 fully saturated rings. The Balaban J connectivity index is 1.67. The number of ether oxygens (including phenoxy) is 1. The minimum absolute atomic E-state index is 0.00444. The smallest absolute Gasteiger partial charge is 0.308 e. The molecule has 6 nitrogen and oxygen atoms in total. The highest BCUT2D eigenvalue weighted by atomic mass is 16.5. The molecule has 24 heavy (non-hydrogen) atoms. The van der Waals surface area contributed by atoms with Crippen molar-refractivity contribution in [3.05, 3.63) is 29.8 Å². The molecule has 1 aromatic carbocycles. The zero-order valence-corrected chi connectivity index (χ0v) is 13.8. The van der Waals surface area contributed by atoms with E-state index in [2.05, 4.69) is 5.32 Å². The number of Topliss-reactive ketones (excluding diaryl/α,β-unsaturated/α-hetero) is 1. The number of aliphatic carboxylic acids is 1. The molecule has 6 heteroatoms. The molecule has 2 rings (SSSR count). The van der Waals surface area contributed by atoms with E-state index in [1.807, 2.05) is 0 Å². The average molecular weight is 333 g/mol. The molecule has 0 heterocycles. The molecule has 1 aliphatic carbocycles. The normalized spacial score (nSPS) is 19.7. The molecule has 0 unspecified atom stereocenters. The van der Waals surface area contributed by atoms with Gasteiger partial charge in [0.25, 0.3) is 0 Å². The second-order valence-electron chi connectivity index (χ2n) is 6.08. The van der Waals surface area contributed by atoms with Crippen molar-refractivity contribution in [2.45, 2.75) is 45.1 Å². The fraction of sp³-hybridized carbons (Fsp3) is 0.500. The molecule has 2 atom stereocenters. The van der Waals surface area contributed by atoms with Gasteiger partial charge in [-0.15, -0.1) is 0 Å². The number of carbonyl (C=O) groups excluding carboxylic acids is 2. The van der Waals surface area contributed by atoms with E-state index in [0.29, 0.717) is 37.2 Å². The Hall–Kier alpha value is -2.37. The summed E-state index contributed by atoms with van der Waals surface area (Å²) in [5.41, 5.74) is 0.631. The van der Waals surface area contributed by atoms with Gasteiger partial charge in [0.05, 0.1) is 12.5 Å². The zero-order valence-electron chi connectivity index (χ0n) is 13.8. The molecule has 0 aromatic heterocycles. The summed E-state index contributed by atoms with van der Waals surface area (Å²) in [6, 6.07) is 6.61. The monoisotopic (exact) mass is 333 g/mol. The number of ketones is 1. The lowest BCUT2D eigenvalue weighted by Gasteiger charge is -2.17. The van der Waals surface area contributed by atoms with Gasteiger partial charge in [0, 0.05) is 18.0 Å². The van der Waals surface area contributed by atoms with Crippen LogP contribution in [0.5, 0.6) is 5.75 Å². The van der Waals surface area contributed by atoms with Crippen LogP contribution in [0.4, 0.5) is 0 Å². The maximum absolute atomic E-state index is 11.9. The Bertz CT molecular complexity index is 596. The van der Waals surface area contributed by atoms with Crippen molar-refractivity contribution in [2.24, 2.45) is 5.92 Å². The first-order valence-corrected chi connectivity index (χ1v) is 8.23. The highest BCUT2D eigenvalue weighted by Gasteiger charge is 2.33. The van der Waals surface area contributed by atoms with Crippen LogP contribution < -0.4 is 10.1 Å². The predicted octanol–water partition coefficient (Wildman–Crippen LogP) is 2.42. The summed E-state index contributed by atoms with van der Waals surface area (Å²) < 4.78 is 5.54. The van der Waals surface area contributed by atoms with E-state index < -0.39 is 11.9 Å². The largest absolute Gasteiger partial charge is 0.494 e. The second kappa shape index (κ2) is 8.47. The third-order valence-corrected chi connectivity index (χ3v) is 4.26. The Labute approximate surface area is 141 Å². The number of amides is 1. The number of carboxylic acids is 1. The predicted molar refractivity (Wildman–Crippen MR) is 88.1 cm³/mol. The maximum Gasteiger partial charge on any atom is 0.308 e. The lowest BCUT2D eigenvalue weighted by Crippen LogP contribution is -2.40. The first-order valence-electron chi connectivity index (χ1n) is 8.23. The van der Waals surface area contributed by atoms with Gasteiger partial charge in [-0.3, -0.25) is 14.4 Å². The number of hydrogen-bond acceptors (Lipinski definition) is 4. The Morgan fingerprint density at radius 3 is 2.54 bits per heavy atom. The molecule has 1 saturated carbocycles. The van der Waals surface area contributed by atoms with Crippen molar-refractivity contribution in [1.82, 2.24) is 5.32 Å². The van der Waals surface area contributed by atoms with E-state index in [4.69, 9.17) is 9.84 Å². The number of carboxylic acid groups (broad SMARTS) is 1. The maximum atomic E-state index is 11.9. The molecule has 0 bridgehead atoms. The zero-order chi connectivity index (χ0) is 17.5. The first-order chi connectivity index (χ1) is 11.5. The van der Waals surface area contributed by atoms with Gasteiger partial charge in [0.2, 0.25) is 5.91 Å². The fourth-order valence-electron chi connectivity index (χ4n) is 2.92. The summed E-state index contributed by atoms with van der Waals surface area (Å²) in [4.78, 5) is 34.2. The molecule has 1 amide bonds. The lowest BCUT2D eigenvalue weighted by molar-refractivity contribution is -0.142. The molecule has 1 aliphatic rings. The van der Waals surface area contributed by atoms with Crippen molar-refractivity contribution in [3.8, 4) is 5.75 Å². The quantitative estimate of drug-likeness (QED) is 0.563. The van der Waals surface area contributed by atoms with Gasteiger partial charge in [-0.2, -0.15) is 0 Å². The van der Waals surface area contributed by atoms with Gasteiger partial charge in [0.15, 0.2) is 5.78 Å². The van der Waals surface area contributed by atoms with Crippen LogP contribution in [-0.4, -0.2) is 35.4 Å². The number of benzene rings is 1. The number of hydrogen-bond donors (Lipinski definition) is 2. The molecular formula is C18H23NO5. The highest BCUT2D eigenvalue weighted by molar-refractivity contribution is 5.94. The topological polar surface area (TPSA) is 92.7 Å². The van der Waals surface area contributed by atoms with Gasteiger partial charge < -0.3 is 15.2 Å². The molecule has 130 valence electrons. The van der Waals surface area contributed by atoms with Crippen LogP contribution in [0.2, 0.25) is 0 Å². The van der Waals surface area contributed by atoms with Crippen molar-refractivity contribution in [3.63, 3.8) is 0 Å². The van der Waals surface area contributed by atoms with Gasteiger partial charge in [-0.05, 0) is 50.5 Å². The molecule has 0 radical (unpaired) electrons. The van der Waals surface area contributed by atoms with Crippen molar-refractivity contribution in [2.75, 3.05) is 6.61 Å². The van der Waals surface area contributed by atoms with Gasteiger partial charge in [-0.1, -0.05) is 6.42 Å². The van der Waals surface area contributed by atoms with E-state index in [0.717, 1.165) is 12.8 Å². The fourth-order valence-corrected chi connectivity index (χ4v) is 2.92. The van der Waals surface area contributed by atoms with E-state index in [1.165, 1.54) is 6.92 Å². The van der Waals surface area contributed by atoms with E-state index in [-0.39, 0.29) is 17.7 Å². The van der Waals surface area contributed by atoms with Crippen molar-refractivity contribution >= 4 is 17.7 Å².